The van der Waals surface area contributed by atoms with Crippen molar-refractivity contribution in [3.8, 4) is 0 Å². The lowest BCUT2D eigenvalue weighted by Crippen LogP contribution is -2.51. The molecule has 1 heterocycles. The number of urea groups is 1. The van der Waals surface area contributed by atoms with Crippen LogP contribution in [-0.4, -0.2) is 18.6 Å². The average molecular weight is 260 g/mol. The molecule has 2 rings (SSSR count). The number of esters is 1. The summed E-state index contributed by atoms with van der Waals surface area (Å²) < 4.78 is 5.05. The number of benzene rings is 1. The Hall–Kier alpha value is -2.30. The number of amides is 2. The van der Waals surface area contributed by atoms with Crippen molar-refractivity contribution in [1.82, 2.24) is 10.6 Å². The van der Waals surface area contributed by atoms with Crippen molar-refractivity contribution < 1.29 is 14.3 Å². The van der Waals surface area contributed by atoms with Crippen LogP contribution in [0.4, 0.5) is 4.79 Å². The second-order valence-corrected chi connectivity index (χ2v) is 4.24. The molecule has 2 unspecified atom stereocenters. The van der Waals surface area contributed by atoms with Crippen molar-refractivity contribution in [2.24, 2.45) is 5.92 Å². The van der Waals surface area contributed by atoms with E-state index < -0.39 is 17.9 Å². The first-order valence-corrected chi connectivity index (χ1v) is 6.11. The van der Waals surface area contributed by atoms with Crippen LogP contribution in [0, 0.1) is 5.92 Å². The smallest absolute Gasteiger partial charge is 0.319 e. The molecule has 2 N–H and O–H groups in total. The van der Waals surface area contributed by atoms with E-state index in [1.165, 1.54) is 0 Å². The highest BCUT2D eigenvalue weighted by Gasteiger charge is 2.38. The molecule has 1 aromatic rings. The van der Waals surface area contributed by atoms with Crippen molar-refractivity contribution in [3.05, 3.63) is 48.2 Å². The van der Waals surface area contributed by atoms with E-state index >= 15 is 0 Å². The van der Waals surface area contributed by atoms with E-state index in [-0.39, 0.29) is 12.6 Å². The number of nitrogens with one attached hydrogen (secondary N) is 2. The number of ether oxygens (including phenoxy) is 1. The molecule has 1 aromatic carbocycles. The third-order valence-electron chi connectivity index (χ3n) is 2.97. The third-order valence-corrected chi connectivity index (χ3v) is 2.97. The fourth-order valence-electron chi connectivity index (χ4n) is 2.13. The first-order chi connectivity index (χ1) is 9.13. The molecular weight excluding hydrogens is 244 g/mol. The predicted octanol–water partition coefficient (Wildman–Crippen LogP) is 1.73. The van der Waals surface area contributed by atoms with Crippen LogP contribution in [0.5, 0.6) is 0 Å². The summed E-state index contributed by atoms with van der Waals surface area (Å²) in [6.45, 7) is 5.79. The summed E-state index contributed by atoms with van der Waals surface area (Å²) in [5, 5.41) is 5.26. The van der Waals surface area contributed by atoms with Gasteiger partial charge in [-0.05, 0) is 12.5 Å². The highest BCUT2D eigenvalue weighted by Crippen LogP contribution is 2.30. The summed E-state index contributed by atoms with van der Waals surface area (Å²) in [5.41, 5.74) is 1.20. The molecular formula is C14H16N2O3. The van der Waals surface area contributed by atoms with Gasteiger partial charge in [0.2, 0.25) is 0 Å². The van der Waals surface area contributed by atoms with Gasteiger partial charge in [-0.1, -0.05) is 36.9 Å². The van der Waals surface area contributed by atoms with Crippen LogP contribution in [-0.2, 0) is 9.53 Å². The van der Waals surface area contributed by atoms with E-state index in [1.54, 1.807) is 6.92 Å². The Morgan fingerprint density at radius 2 is 2.05 bits per heavy atom. The molecule has 2 amide bonds. The molecule has 1 aliphatic heterocycles. The summed E-state index contributed by atoms with van der Waals surface area (Å²) in [6, 6.07) is 8.48. The lowest BCUT2D eigenvalue weighted by molar-refractivity contribution is -0.147. The largest absolute Gasteiger partial charge is 0.465 e. The van der Waals surface area contributed by atoms with Crippen molar-refractivity contribution >= 4 is 12.0 Å². The van der Waals surface area contributed by atoms with Crippen LogP contribution in [0.3, 0.4) is 0 Å². The summed E-state index contributed by atoms with van der Waals surface area (Å²) in [7, 11) is 0. The van der Waals surface area contributed by atoms with Crippen molar-refractivity contribution in [1.29, 1.82) is 0 Å². The molecule has 0 spiro atoms. The number of carbonyl (C=O) groups is 2. The standard InChI is InChI=1S/C14H16N2O3/c1-3-19-13(17)11-9(2)15-14(18)16-12(11)10-7-5-4-6-8-10/h4-8,11-12H,2-3H2,1H3,(H2,15,16,18). The average Bonchev–Trinajstić information content (AvgIpc) is 2.39. The molecule has 0 radical (unpaired) electrons. The zero-order valence-electron chi connectivity index (χ0n) is 10.7. The Kier molecular flexibility index (Phi) is 3.85. The molecule has 5 nitrogen and oxygen atoms in total. The second-order valence-electron chi connectivity index (χ2n) is 4.24. The lowest BCUT2D eigenvalue weighted by Gasteiger charge is -2.33. The van der Waals surface area contributed by atoms with Gasteiger partial charge >= 0.3 is 12.0 Å². The highest BCUT2D eigenvalue weighted by atomic mass is 16.5. The van der Waals surface area contributed by atoms with Crippen LogP contribution < -0.4 is 10.6 Å². The normalized spacial score (nSPS) is 22.4. The summed E-state index contributed by atoms with van der Waals surface area (Å²) >= 11 is 0. The van der Waals surface area contributed by atoms with Crippen LogP contribution in [0.2, 0.25) is 0 Å². The minimum atomic E-state index is -0.625. The first-order valence-electron chi connectivity index (χ1n) is 6.11. The lowest BCUT2D eigenvalue weighted by atomic mass is 9.89. The number of hydrogen-bond donors (Lipinski definition) is 2. The van der Waals surface area contributed by atoms with Gasteiger partial charge in [-0.2, -0.15) is 0 Å². The summed E-state index contributed by atoms with van der Waals surface area (Å²) in [4.78, 5) is 23.6. The van der Waals surface area contributed by atoms with Gasteiger partial charge in [0.05, 0.1) is 12.6 Å². The molecule has 1 aliphatic rings. The minimum absolute atomic E-state index is 0.290. The number of hydrogen-bond acceptors (Lipinski definition) is 3. The van der Waals surface area contributed by atoms with Crippen LogP contribution in [0.1, 0.15) is 18.5 Å². The van der Waals surface area contributed by atoms with E-state index in [0.717, 1.165) is 5.56 Å². The Morgan fingerprint density at radius 3 is 2.68 bits per heavy atom. The molecule has 100 valence electrons. The van der Waals surface area contributed by atoms with Gasteiger partial charge in [-0.3, -0.25) is 4.79 Å². The minimum Gasteiger partial charge on any atom is -0.465 e. The topological polar surface area (TPSA) is 67.4 Å². The van der Waals surface area contributed by atoms with E-state index in [2.05, 4.69) is 17.2 Å². The Balaban J connectivity index is 2.32. The molecule has 19 heavy (non-hydrogen) atoms. The highest BCUT2D eigenvalue weighted by molar-refractivity contribution is 5.85. The molecule has 0 saturated carbocycles. The van der Waals surface area contributed by atoms with Gasteiger partial charge in [-0.15, -0.1) is 0 Å². The fourth-order valence-corrected chi connectivity index (χ4v) is 2.13. The van der Waals surface area contributed by atoms with Crippen molar-refractivity contribution in [2.45, 2.75) is 13.0 Å². The van der Waals surface area contributed by atoms with Gasteiger partial charge in [0.15, 0.2) is 0 Å². The van der Waals surface area contributed by atoms with E-state index in [1.807, 2.05) is 30.3 Å². The summed E-state index contributed by atoms with van der Waals surface area (Å²) in [5.74, 6) is -1.02. The molecule has 1 fully saturated rings. The summed E-state index contributed by atoms with van der Waals surface area (Å²) in [6.07, 6.45) is 0. The maximum atomic E-state index is 12.0. The van der Waals surface area contributed by atoms with E-state index in [0.29, 0.717) is 5.70 Å². The molecule has 1 saturated heterocycles. The number of rotatable bonds is 3. The van der Waals surface area contributed by atoms with Crippen molar-refractivity contribution in [2.75, 3.05) is 6.61 Å². The van der Waals surface area contributed by atoms with Crippen LogP contribution >= 0.6 is 0 Å². The third kappa shape index (κ3) is 2.76. The van der Waals surface area contributed by atoms with E-state index in [9.17, 15) is 9.59 Å². The monoisotopic (exact) mass is 260 g/mol. The first kappa shape index (κ1) is 13.1. The molecule has 2 atom stereocenters. The van der Waals surface area contributed by atoms with Gasteiger partial charge in [0.1, 0.15) is 5.92 Å². The van der Waals surface area contributed by atoms with Crippen LogP contribution in [0.25, 0.3) is 0 Å². The quantitative estimate of drug-likeness (QED) is 0.813. The Morgan fingerprint density at radius 1 is 1.37 bits per heavy atom. The van der Waals surface area contributed by atoms with Gasteiger partial charge in [0, 0.05) is 5.70 Å². The Labute approximate surface area is 111 Å². The maximum absolute atomic E-state index is 12.0. The zero-order chi connectivity index (χ0) is 13.8. The SMILES string of the molecule is C=C1NC(=O)NC(c2ccccc2)C1C(=O)OCC. The van der Waals surface area contributed by atoms with Gasteiger partial charge in [0.25, 0.3) is 0 Å². The van der Waals surface area contributed by atoms with Crippen molar-refractivity contribution in [3.63, 3.8) is 0 Å². The molecule has 0 aromatic heterocycles. The molecule has 5 heteroatoms. The second kappa shape index (κ2) is 5.56. The molecule has 0 bridgehead atoms. The van der Waals surface area contributed by atoms with Crippen LogP contribution in [0.15, 0.2) is 42.6 Å². The van der Waals surface area contributed by atoms with Gasteiger partial charge in [-0.25, -0.2) is 4.79 Å². The number of carbonyl (C=O) groups excluding carboxylic acids is 2. The Bertz CT molecular complexity index is 499. The molecule has 0 aliphatic carbocycles. The van der Waals surface area contributed by atoms with E-state index in [4.69, 9.17) is 4.74 Å². The predicted molar refractivity (Wildman–Crippen MR) is 70.1 cm³/mol. The fraction of sp³-hybridized carbons (Fsp3) is 0.286. The zero-order valence-corrected chi connectivity index (χ0v) is 10.7. The van der Waals surface area contributed by atoms with Gasteiger partial charge < -0.3 is 15.4 Å². The maximum Gasteiger partial charge on any atom is 0.319 e.